The first-order valence-electron chi connectivity index (χ1n) is 8.34. The maximum atomic E-state index is 12.1. The molecule has 1 fully saturated rings. The van der Waals surface area contributed by atoms with E-state index < -0.39 is 5.23 Å². The molecule has 1 unspecified atom stereocenters. The Labute approximate surface area is 140 Å². The van der Waals surface area contributed by atoms with Crippen LogP contribution in [0, 0.1) is 11.1 Å². The molecule has 126 valence electrons. The van der Waals surface area contributed by atoms with E-state index in [1.807, 2.05) is 16.7 Å². The van der Waals surface area contributed by atoms with E-state index in [1.54, 1.807) is 24.3 Å². The molecule has 6 nitrogen and oxygen atoms in total. The summed E-state index contributed by atoms with van der Waals surface area (Å²) in [5.74, 6) is 0.869. The van der Waals surface area contributed by atoms with Crippen molar-refractivity contribution in [1.82, 2.24) is 9.47 Å². The van der Waals surface area contributed by atoms with Gasteiger partial charge in [-0.2, -0.15) is 5.23 Å². The average Bonchev–Trinajstić information content (AvgIpc) is 2.56. The van der Waals surface area contributed by atoms with Gasteiger partial charge in [0, 0.05) is 56.0 Å². The third-order valence-electron chi connectivity index (χ3n) is 5.14. The first kappa shape index (κ1) is 15.5. The van der Waals surface area contributed by atoms with Crippen LogP contribution >= 0.6 is 0 Å². The van der Waals surface area contributed by atoms with E-state index in [1.165, 1.54) is 0 Å². The molecule has 4 rings (SSSR count). The van der Waals surface area contributed by atoms with Crippen molar-refractivity contribution in [2.24, 2.45) is 5.92 Å². The van der Waals surface area contributed by atoms with Gasteiger partial charge in [-0.3, -0.25) is 9.69 Å². The number of quaternary nitrogens is 1. The van der Waals surface area contributed by atoms with Gasteiger partial charge < -0.3 is 9.77 Å². The first-order chi connectivity index (χ1) is 11.6. The highest BCUT2D eigenvalue weighted by molar-refractivity contribution is 5.33. The molecule has 0 radical (unpaired) electrons. The Bertz CT molecular complexity index is 802. The predicted octanol–water partition coefficient (Wildman–Crippen LogP) is 0.871. The van der Waals surface area contributed by atoms with Crippen molar-refractivity contribution < 1.29 is 10.4 Å². The van der Waals surface area contributed by atoms with E-state index in [0.717, 1.165) is 43.9 Å². The van der Waals surface area contributed by atoms with E-state index in [-0.39, 0.29) is 5.56 Å². The van der Waals surface area contributed by atoms with Crippen LogP contribution in [0.1, 0.15) is 23.6 Å². The summed E-state index contributed by atoms with van der Waals surface area (Å²) in [5, 5.41) is 19.4. The lowest BCUT2D eigenvalue weighted by atomic mass is 9.83. The number of hydrogen-bond donors (Lipinski definition) is 2. The second-order valence-corrected chi connectivity index (χ2v) is 6.90. The molecule has 2 aliphatic rings. The minimum atomic E-state index is -0.888. The van der Waals surface area contributed by atoms with Gasteiger partial charge in [-0.05, 0) is 24.0 Å². The zero-order chi connectivity index (χ0) is 16.7. The number of nitrogens with zero attached hydrogens (tertiary/aromatic N) is 2. The molecule has 0 aliphatic carbocycles. The molecule has 1 aromatic heterocycles. The van der Waals surface area contributed by atoms with Crippen LogP contribution in [0.15, 0.2) is 47.3 Å². The molecule has 24 heavy (non-hydrogen) atoms. The molecule has 2 N–H and O–H groups in total. The number of aromatic nitrogens is 1. The molecule has 0 saturated carbocycles. The topological polar surface area (TPSA) is 73.0 Å². The smallest absolute Gasteiger partial charge is 0.250 e. The van der Waals surface area contributed by atoms with Crippen LogP contribution < -0.4 is 10.8 Å². The van der Waals surface area contributed by atoms with Crippen LogP contribution in [0.5, 0.6) is 0 Å². The van der Waals surface area contributed by atoms with E-state index in [0.29, 0.717) is 17.5 Å². The summed E-state index contributed by atoms with van der Waals surface area (Å²) in [4.78, 5) is 14.5. The number of nitrogens with one attached hydrogen (secondary N) is 1. The highest BCUT2D eigenvalue weighted by Crippen LogP contribution is 2.35. The third-order valence-corrected chi connectivity index (χ3v) is 5.14. The van der Waals surface area contributed by atoms with E-state index >= 15 is 0 Å². The normalized spacial score (nSPS) is 24.4. The minimum Gasteiger partial charge on any atom is -0.595 e. The molecule has 2 aromatic rings. The highest BCUT2D eigenvalue weighted by atomic mass is 16.8. The van der Waals surface area contributed by atoms with Crippen molar-refractivity contribution in [1.29, 1.82) is 0 Å². The molecule has 3 atom stereocenters. The van der Waals surface area contributed by atoms with Gasteiger partial charge in [0.05, 0.1) is 0 Å². The number of fused-ring (bicyclic) bond motifs is 4. The van der Waals surface area contributed by atoms with Crippen LogP contribution in [0.4, 0.5) is 5.69 Å². The van der Waals surface area contributed by atoms with Crippen LogP contribution in [-0.2, 0) is 13.1 Å². The Balaban J connectivity index is 1.54. The third kappa shape index (κ3) is 2.89. The zero-order valence-electron chi connectivity index (χ0n) is 13.4. The standard InChI is InChI=1S/C18H21N3O3/c22-18-6-2-5-17-15-7-14(11-20(17)18)10-19(12-15)9-13-3-1-4-16(8-13)21(23)24/h1-6,8,14-15,21,23H,7,9-12H2/t14-,15-/m0/s1. The second-order valence-electron chi connectivity index (χ2n) is 6.90. The van der Waals surface area contributed by atoms with Gasteiger partial charge in [0.2, 0.25) is 0 Å². The summed E-state index contributed by atoms with van der Waals surface area (Å²) in [6, 6.07) is 12.7. The van der Waals surface area contributed by atoms with Crippen molar-refractivity contribution in [3.05, 3.63) is 69.3 Å². The molecule has 0 spiro atoms. The Morgan fingerprint density at radius 1 is 1.17 bits per heavy atom. The molecule has 2 bridgehead atoms. The van der Waals surface area contributed by atoms with Crippen LogP contribution in [0.3, 0.4) is 0 Å². The monoisotopic (exact) mass is 327 g/mol. The number of rotatable bonds is 3. The quantitative estimate of drug-likeness (QED) is 0.821. The van der Waals surface area contributed by atoms with Crippen molar-refractivity contribution in [3.63, 3.8) is 0 Å². The number of piperidine rings is 1. The van der Waals surface area contributed by atoms with Gasteiger partial charge >= 0.3 is 0 Å². The molecule has 3 heterocycles. The summed E-state index contributed by atoms with van der Waals surface area (Å²) < 4.78 is 1.93. The molecule has 6 heteroatoms. The molecule has 1 saturated heterocycles. The van der Waals surface area contributed by atoms with Crippen molar-refractivity contribution in [2.45, 2.75) is 25.4 Å². The molecular formula is C18H21N3O3. The number of benzene rings is 1. The van der Waals surface area contributed by atoms with Crippen molar-refractivity contribution in [2.75, 3.05) is 13.1 Å². The first-order valence-corrected chi connectivity index (χ1v) is 8.34. The Morgan fingerprint density at radius 2 is 2.00 bits per heavy atom. The Morgan fingerprint density at radius 3 is 2.83 bits per heavy atom. The fourth-order valence-electron chi connectivity index (χ4n) is 4.19. The average molecular weight is 327 g/mol. The summed E-state index contributed by atoms with van der Waals surface area (Å²) >= 11 is 0. The predicted molar refractivity (Wildman–Crippen MR) is 89.0 cm³/mol. The molecule has 2 aliphatic heterocycles. The van der Waals surface area contributed by atoms with Crippen molar-refractivity contribution in [3.8, 4) is 0 Å². The lowest BCUT2D eigenvalue weighted by Gasteiger charge is -2.42. The van der Waals surface area contributed by atoms with Gasteiger partial charge in [-0.25, -0.2) is 5.21 Å². The maximum absolute atomic E-state index is 12.1. The van der Waals surface area contributed by atoms with E-state index in [2.05, 4.69) is 11.0 Å². The van der Waals surface area contributed by atoms with Gasteiger partial charge in [0.25, 0.3) is 5.56 Å². The van der Waals surface area contributed by atoms with Gasteiger partial charge in [0.1, 0.15) is 0 Å². The van der Waals surface area contributed by atoms with Crippen LogP contribution in [-0.4, -0.2) is 27.8 Å². The van der Waals surface area contributed by atoms with Gasteiger partial charge in [-0.1, -0.05) is 18.2 Å². The fourth-order valence-corrected chi connectivity index (χ4v) is 4.19. The zero-order valence-corrected chi connectivity index (χ0v) is 13.4. The van der Waals surface area contributed by atoms with Gasteiger partial charge in [0.15, 0.2) is 5.69 Å². The summed E-state index contributed by atoms with van der Waals surface area (Å²) in [5.41, 5.74) is 2.61. The summed E-state index contributed by atoms with van der Waals surface area (Å²) in [6.07, 6.45) is 1.13. The molecular weight excluding hydrogens is 306 g/mol. The minimum absolute atomic E-state index is 0.102. The van der Waals surface area contributed by atoms with Gasteiger partial charge in [-0.15, -0.1) is 0 Å². The lowest BCUT2D eigenvalue weighted by molar-refractivity contribution is -0.991. The number of hydrogen-bond acceptors (Lipinski definition) is 4. The van der Waals surface area contributed by atoms with Crippen LogP contribution in [0.2, 0.25) is 0 Å². The second kappa shape index (κ2) is 6.14. The Hall–Kier alpha value is -1.99. The number of likely N-dealkylation sites (tertiary alicyclic amines) is 1. The molecule has 0 amide bonds. The SMILES string of the molecule is O=c1cccc2n1C[C@H]1C[C@H]2CN(Cc2cccc([NH+]([O-])O)c2)C1. The fraction of sp³-hybridized carbons (Fsp3) is 0.389. The van der Waals surface area contributed by atoms with Crippen LogP contribution in [0.25, 0.3) is 0 Å². The summed E-state index contributed by atoms with van der Waals surface area (Å²) in [6.45, 7) is 3.41. The highest BCUT2D eigenvalue weighted by Gasteiger charge is 2.34. The Kier molecular flexibility index (Phi) is 3.97. The maximum Gasteiger partial charge on any atom is 0.250 e. The lowest BCUT2D eigenvalue weighted by Crippen LogP contribution is -2.99. The molecule has 1 aromatic carbocycles. The number of pyridine rings is 1. The largest absolute Gasteiger partial charge is 0.595 e. The van der Waals surface area contributed by atoms with Crippen molar-refractivity contribution >= 4 is 5.69 Å². The van der Waals surface area contributed by atoms with E-state index in [4.69, 9.17) is 5.21 Å². The van der Waals surface area contributed by atoms with E-state index in [9.17, 15) is 10.0 Å². The summed E-state index contributed by atoms with van der Waals surface area (Å²) in [7, 11) is 0.